The summed E-state index contributed by atoms with van der Waals surface area (Å²) in [7, 11) is 1.37. The van der Waals surface area contributed by atoms with Gasteiger partial charge in [-0.25, -0.2) is 0 Å². The van der Waals surface area contributed by atoms with Crippen molar-refractivity contribution in [3.05, 3.63) is 106 Å². The average molecular weight is 595 g/mol. The molecule has 12 heteroatoms. The Bertz CT molecular complexity index is 1610. The van der Waals surface area contributed by atoms with E-state index in [1.807, 2.05) is 0 Å². The first-order chi connectivity index (χ1) is 20.0. The van der Waals surface area contributed by atoms with Gasteiger partial charge in [0.2, 0.25) is 5.91 Å². The molecule has 0 unspecified atom stereocenters. The zero-order valence-corrected chi connectivity index (χ0v) is 23.2. The Morgan fingerprint density at radius 3 is 2.43 bits per heavy atom. The van der Waals surface area contributed by atoms with Crippen molar-refractivity contribution in [2.24, 2.45) is 0 Å². The highest BCUT2D eigenvalue weighted by molar-refractivity contribution is 8.03. The number of phenolic OH excluding ortho intramolecular Hbond substituents is 1. The molecule has 3 aromatic rings. The maximum Gasteiger partial charge on any atom is 0.416 e. The van der Waals surface area contributed by atoms with E-state index in [4.69, 9.17) is 4.74 Å². The Morgan fingerprint density at radius 1 is 1.05 bits per heavy atom. The van der Waals surface area contributed by atoms with Gasteiger partial charge in [-0.1, -0.05) is 42.1 Å². The third kappa shape index (κ3) is 6.87. The molecule has 8 nitrogen and oxygen atoms in total. The fourth-order valence-electron chi connectivity index (χ4n) is 4.36. The molecular weight excluding hydrogens is 569 g/mol. The predicted octanol–water partition coefficient (Wildman–Crippen LogP) is 6.13. The van der Waals surface area contributed by atoms with Crippen LogP contribution in [0.1, 0.15) is 24.0 Å². The van der Waals surface area contributed by atoms with Gasteiger partial charge in [0, 0.05) is 22.6 Å². The predicted molar refractivity (Wildman–Crippen MR) is 153 cm³/mol. The summed E-state index contributed by atoms with van der Waals surface area (Å²) in [5, 5.41) is 29.0. The molecule has 2 amide bonds. The molecule has 216 valence electrons. The van der Waals surface area contributed by atoms with Crippen LogP contribution in [0.3, 0.4) is 0 Å². The van der Waals surface area contributed by atoms with Gasteiger partial charge in [0.15, 0.2) is 11.5 Å². The van der Waals surface area contributed by atoms with Gasteiger partial charge in [-0.05, 0) is 55.0 Å². The van der Waals surface area contributed by atoms with Crippen LogP contribution in [0.4, 0.5) is 24.5 Å². The number of allylic oxidation sites excluding steroid dienone is 2. The summed E-state index contributed by atoms with van der Waals surface area (Å²) in [6.45, 7) is 1.65. The number of dihydropyridines is 1. The molecule has 1 aliphatic heterocycles. The molecule has 0 fully saturated rings. The van der Waals surface area contributed by atoms with E-state index in [1.54, 1.807) is 43.3 Å². The van der Waals surface area contributed by atoms with Gasteiger partial charge in [0.1, 0.15) is 0 Å². The number of halogens is 3. The number of carbonyl (C=O) groups is 2. The van der Waals surface area contributed by atoms with Crippen LogP contribution in [-0.4, -0.2) is 29.8 Å². The number of anilines is 2. The molecule has 0 saturated heterocycles. The van der Waals surface area contributed by atoms with Crippen molar-refractivity contribution in [1.82, 2.24) is 5.32 Å². The second-order valence-electron chi connectivity index (χ2n) is 9.12. The number of hydrogen-bond acceptors (Lipinski definition) is 7. The Hall–Kier alpha value is -4.89. The number of ether oxygens (including phenoxy) is 1. The number of rotatable bonds is 8. The van der Waals surface area contributed by atoms with E-state index in [2.05, 4.69) is 22.0 Å². The number of nitriles is 1. The van der Waals surface area contributed by atoms with Crippen molar-refractivity contribution in [2.45, 2.75) is 19.0 Å². The van der Waals surface area contributed by atoms with E-state index in [-0.39, 0.29) is 34.1 Å². The van der Waals surface area contributed by atoms with Crippen molar-refractivity contribution >= 4 is 35.0 Å². The van der Waals surface area contributed by atoms with Crippen molar-refractivity contribution < 1.29 is 32.6 Å². The Kier molecular flexibility index (Phi) is 9.12. The summed E-state index contributed by atoms with van der Waals surface area (Å²) < 4.78 is 44.4. The van der Waals surface area contributed by atoms with Gasteiger partial charge in [-0.15, -0.1) is 0 Å². The first-order valence-corrected chi connectivity index (χ1v) is 13.5. The van der Waals surface area contributed by atoms with Gasteiger partial charge in [-0.3, -0.25) is 9.59 Å². The number of nitrogens with zero attached hydrogens (tertiary/aromatic N) is 1. The molecule has 0 saturated carbocycles. The molecular formula is C30H25F3N4O4S. The van der Waals surface area contributed by atoms with Gasteiger partial charge in [-0.2, -0.15) is 18.4 Å². The number of methoxy groups -OCH3 is 1. The normalized spacial score (nSPS) is 15.0. The number of amides is 2. The van der Waals surface area contributed by atoms with Crippen LogP contribution in [0.2, 0.25) is 0 Å². The second-order valence-corrected chi connectivity index (χ2v) is 10.1. The summed E-state index contributed by atoms with van der Waals surface area (Å²) in [4.78, 5) is 26.2. The Morgan fingerprint density at radius 2 is 1.76 bits per heavy atom. The highest BCUT2D eigenvalue weighted by Gasteiger charge is 2.35. The number of benzene rings is 3. The maximum atomic E-state index is 13.5. The summed E-state index contributed by atoms with van der Waals surface area (Å²) in [5.74, 6) is -2.20. The summed E-state index contributed by atoms with van der Waals surface area (Å²) in [6, 6.07) is 19.7. The number of carbonyl (C=O) groups excluding carboxylic acids is 2. The number of thioether (sulfide) groups is 1. The van der Waals surface area contributed by atoms with Crippen LogP contribution in [0, 0.1) is 11.3 Å². The van der Waals surface area contributed by atoms with E-state index in [0.717, 1.165) is 23.9 Å². The Labute approximate surface area is 243 Å². The number of phenols is 1. The quantitative estimate of drug-likeness (QED) is 0.248. The zero-order valence-electron chi connectivity index (χ0n) is 22.4. The van der Waals surface area contributed by atoms with Gasteiger partial charge in [0.05, 0.1) is 41.0 Å². The summed E-state index contributed by atoms with van der Waals surface area (Å²) in [6.07, 6.45) is -4.56. The highest BCUT2D eigenvalue weighted by atomic mass is 32.2. The number of alkyl halides is 3. The molecule has 1 aliphatic rings. The van der Waals surface area contributed by atoms with E-state index in [9.17, 15) is 33.1 Å². The van der Waals surface area contributed by atoms with Gasteiger partial charge in [0.25, 0.3) is 5.91 Å². The monoisotopic (exact) mass is 594 g/mol. The second kappa shape index (κ2) is 12.7. The van der Waals surface area contributed by atoms with E-state index in [0.29, 0.717) is 22.0 Å². The minimum atomic E-state index is -4.56. The smallest absolute Gasteiger partial charge is 0.416 e. The van der Waals surface area contributed by atoms with E-state index < -0.39 is 29.5 Å². The third-order valence-corrected chi connectivity index (χ3v) is 7.30. The summed E-state index contributed by atoms with van der Waals surface area (Å²) in [5.41, 5.74) is 0.882. The largest absolute Gasteiger partial charge is 0.504 e. The molecule has 3 aromatic carbocycles. The summed E-state index contributed by atoms with van der Waals surface area (Å²) >= 11 is 0.965. The minimum absolute atomic E-state index is 0.0217. The fraction of sp³-hybridized carbons (Fsp3) is 0.167. The fourth-order valence-corrected chi connectivity index (χ4v) is 5.25. The third-order valence-electron chi connectivity index (χ3n) is 6.28. The van der Waals surface area contributed by atoms with Crippen LogP contribution < -0.4 is 20.7 Å². The zero-order chi connectivity index (χ0) is 30.4. The van der Waals surface area contributed by atoms with Crippen LogP contribution >= 0.6 is 11.8 Å². The van der Waals surface area contributed by atoms with Crippen molar-refractivity contribution in [1.29, 1.82) is 5.26 Å². The Balaban J connectivity index is 1.64. The molecule has 1 heterocycles. The lowest BCUT2D eigenvalue weighted by atomic mass is 9.82. The van der Waals surface area contributed by atoms with Crippen LogP contribution in [-0.2, 0) is 15.8 Å². The number of hydrogen-bond donors (Lipinski definition) is 4. The van der Waals surface area contributed by atoms with Crippen LogP contribution in [0.5, 0.6) is 11.5 Å². The van der Waals surface area contributed by atoms with E-state index >= 15 is 0 Å². The minimum Gasteiger partial charge on any atom is -0.504 e. The number of aromatic hydroxyl groups is 1. The molecule has 0 aromatic heterocycles. The molecule has 0 spiro atoms. The maximum absolute atomic E-state index is 13.5. The van der Waals surface area contributed by atoms with Crippen molar-refractivity contribution in [3.8, 4) is 17.6 Å². The molecule has 4 N–H and O–H groups in total. The molecule has 0 bridgehead atoms. The average Bonchev–Trinajstić information content (AvgIpc) is 2.96. The first-order valence-electron chi connectivity index (χ1n) is 12.5. The SMILES string of the molecule is COc1cc([C@H]2C(C#N)=C(SCC(=O)Nc3cccc(C(F)(F)F)c3)NC(C)=C2C(=O)Nc2ccccc2)ccc1O. The van der Waals surface area contributed by atoms with Crippen LogP contribution in [0.15, 0.2) is 94.7 Å². The topological polar surface area (TPSA) is 123 Å². The molecule has 4 rings (SSSR count). The lowest BCUT2D eigenvalue weighted by molar-refractivity contribution is -0.137. The number of para-hydroxylation sites is 1. The van der Waals surface area contributed by atoms with Gasteiger partial charge >= 0.3 is 6.18 Å². The van der Waals surface area contributed by atoms with Crippen LogP contribution in [0.25, 0.3) is 0 Å². The highest BCUT2D eigenvalue weighted by Crippen LogP contribution is 2.43. The van der Waals surface area contributed by atoms with Gasteiger partial charge < -0.3 is 25.8 Å². The molecule has 0 aliphatic carbocycles. The lowest BCUT2D eigenvalue weighted by Crippen LogP contribution is -2.31. The first kappa shape index (κ1) is 30.1. The lowest BCUT2D eigenvalue weighted by Gasteiger charge is -2.30. The standard InChI is InChI=1S/C30H25F3N4O4S/c1-17-26(28(40)37-20-8-4-3-5-9-20)27(18-11-12-23(38)24(13-18)41-2)22(15-34)29(35-17)42-16-25(39)36-21-10-6-7-19(14-21)30(31,32)33/h3-14,27,35,38H,16H2,1-2H3,(H,36,39)(H,37,40)/t27-/m0/s1. The molecule has 42 heavy (non-hydrogen) atoms. The van der Waals surface area contributed by atoms with E-state index in [1.165, 1.54) is 31.4 Å². The number of nitrogens with one attached hydrogen (secondary N) is 3. The van der Waals surface area contributed by atoms with Crippen molar-refractivity contribution in [2.75, 3.05) is 23.5 Å². The molecule has 1 atom stereocenters. The van der Waals surface area contributed by atoms with Crippen molar-refractivity contribution in [3.63, 3.8) is 0 Å². The molecule has 0 radical (unpaired) electrons.